The maximum absolute atomic E-state index is 13.1. The van der Waals surface area contributed by atoms with Crippen LogP contribution in [0.25, 0.3) is 0 Å². The van der Waals surface area contributed by atoms with E-state index >= 15 is 0 Å². The first kappa shape index (κ1) is 25.8. The van der Waals surface area contributed by atoms with Crippen molar-refractivity contribution < 1.29 is 31.0 Å². The summed E-state index contributed by atoms with van der Waals surface area (Å²) in [5.41, 5.74) is 0.0155. The third kappa shape index (κ3) is 5.64. The Morgan fingerprint density at radius 2 is 1.41 bits per heavy atom. The van der Waals surface area contributed by atoms with Crippen molar-refractivity contribution in [2.75, 3.05) is 32.0 Å². The van der Waals surface area contributed by atoms with Crippen LogP contribution in [0.15, 0.2) is 46.2 Å². The topological polar surface area (TPSA) is 111 Å². The zero-order valence-electron chi connectivity index (χ0n) is 19.1. The van der Waals surface area contributed by atoms with Gasteiger partial charge >= 0.3 is 0 Å². The van der Waals surface area contributed by atoms with E-state index in [1.165, 1.54) is 54.9 Å². The van der Waals surface area contributed by atoms with Gasteiger partial charge in [0.05, 0.1) is 35.8 Å². The van der Waals surface area contributed by atoms with E-state index in [0.29, 0.717) is 5.75 Å². The van der Waals surface area contributed by atoms with Gasteiger partial charge in [0.2, 0.25) is 10.0 Å². The molecule has 0 fully saturated rings. The Labute approximate surface area is 190 Å². The number of methoxy groups -OCH3 is 2. The molecular formula is C21H30N2O7S2. The fourth-order valence-corrected chi connectivity index (χ4v) is 5.57. The smallest absolute Gasteiger partial charge is 0.262 e. The molecule has 11 heteroatoms. The van der Waals surface area contributed by atoms with Crippen LogP contribution in [0.3, 0.4) is 0 Å². The average molecular weight is 487 g/mol. The molecule has 0 bridgehead atoms. The van der Waals surface area contributed by atoms with Crippen molar-refractivity contribution in [1.82, 2.24) is 4.31 Å². The first-order valence-electron chi connectivity index (χ1n) is 10.1. The molecule has 0 aliphatic carbocycles. The van der Waals surface area contributed by atoms with Gasteiger partial charge in [-0.2, -0.15) is 4.31 Å². The van der Waals surface area contributed by atoms with Crippen molar-refractivity contribution in [3.05, 3.63) is 36.4 Å². The Morgan fingerprint density at radius 1 is 0.844 bits per heavy atom. The lowest BCUT2D eigenvalue weighted by Gasteiger charge is -2.21. The van der Waals surface area contributed by atoms with E-state index in [1.54, 1.807) is 27.7 Å². The zero-order valence-corrected chi connectivity index (χ0v) is 20.7. The molecule has 178 valence electrons. The number of hydrogen-bond donors (Lipinski definition) is 1. The second kappa shape index (κ2) is 10.4. The van der Waals surface area contributed by atoms with Crippen molar-refractivity contribution in [1.29, 1.82) is 0 Å². The van der Waals surface area contributed by atoms with Gasteiger partial charge < -0.3 is 14.2 Å². The number of anilines is 1. The monoisotopic (exact) mass is 486 g/mol. The van der Waals surface area contributed by atoms with Crippen molar-refractivity contribution in [3.8, 4) is 17.2 Å². The molecule has 9 nitrogen and oxygen atoms in total. The summed E-state index contributed by atoms with van der Waals surface area (Å²) in [7, 11) is -5.05. The van der Waals surface area contributed by atoms with E-state index < -0.39 is 20.0 Å². The van der Waals surface area contributed by atoms with Gasteiger partial charge in [0.15, 0.2) is 11.5 Å². The average Bonchev–Trinajstić information content (AvgIpc) is 2.74. The standard InChI is InChI=1S/C21H30N2O7S2/c1-7-23(8-2)32(26,27)17-10-11-19(30-15(3)4)18(13-17)22-31(24,25)16-9-12-20(28-5)21(14-16)29-6/h9-15,22H,7-8H2,1-6H3. The molecule has 0 amide bonds. The molecule has 0 saturated heterocycles. The van der Waals surface area contributed by atoms with Crippen LogP contribution < -0.4 is 18.9 Å². The van der Waals surface area contributed by atoms with Gasteiger partial charge in [-0.25, -0.2) is 16.8 Å². The van der Waals surface area contributed by atoms with E-state index in [4.69, 9.17) is 14.2 Å². The van der Waals surface area contributed by atoms with E-state index in [2.05, 4.69) is 4.72 Å². The highest BCUT2D eigenvalue weighted by atomic mass is 32.2. The Kier molecular flexibility index (Phi) is 8.38. The van der Waals surface area contributed by atoms with Crippen LogP contribution in [0.2, 0.25) is 0 Å². The van der Waals surface area contributed by atoms with Crippen LogP contribution >= 0.6 is 0 Å². The molecule has 0 aromatic heterocycles. The minimum absolute atomic E-state index is 0.0155. The highest BCUT2D eigenvalue weighted by Gasteiger charge is 2.25. The van der Waals surface area contributed by atoms with Crippen LogP contribution in [-0.2, 0) is 20.0 Å². The van der Waals surface area contributed by atoms with E-state index in [1.807, 2.05) is 0 Å². The first-order chi connectivity index (χ1) is 15.0. The normalized spacial score (nSPS) is 12.1. The molecule has 0 saturated carbocycles. The number of sulfonamides is 2. The quantitative estimate of drug-likeness (QED) is 0.519. The third-order valence-corrected chi connectivity index (χ3v) is 7.98. The second-order valence-corrected chi connectivity index (χ2v) is 10.7. The minimum atomic E-state index is -4.10. The van der Waals surface area contributed by atoms with Gasteiger partial charge in [-0.15, -0.1) is 0 Å². The molecule has 0 aliphatic rings. The third-order valence-electron chi connectivity index (χ3n) is 4.57. The number of nitrogens with zero attached hydrogens (tertiary/aromatic N) is 1. The SMILES string of the molecule is CCN(CC)S(=O)(=O)c1ccc(OC(C)C)c(NS(=O)(=O)c2ccc(OC)c(OC)c2)c1. The van der Waals surface area contributed by atoms with Crippen LogP contribution in [-0.4, -0.2) is 54.6 Å². The summed E-state index contributed by atoms with van der Waals surface area (Å²) in [6.45, 7) is 7.61. The number of benzene rings is 2. The molecule has 0 atom stereocenters. The zero-order chi connectivity index (χ0) is 24.1. The molecule has 0 aliphatic heterocycles. The van der Waals surface area contributed by atoms with Crippen molar-refractivity contribution in [2.45, 2.75) is 43.6 Å². The minimum Gasteiger partial charge on any atom is -0.493 e. The Morgan fingerprint density at radius 3 is 1.94 bits per heavy atom. The van der Waals surface area contributed by atoms with Crippen LogP contribution in [0.4, 0.5) is 5.69 Å². The van der Waals surface area contributed by atoms with Gasteiger partial charge in [0.25, 0.3) is 10.0 Å². The largest absolute Gasteiger partial charge is 0.493 e. The molecular weight excluding hydrogens is 456 g/mol. The molecule has 32 heavy (non-hydrogen) atoms. The molecule has 2 aromatic carbocycles. The summed E-state index contributed by atoms with van der Waals surface area (Å²) in [5.74, 6) is 0.831. The second-order valence-electron chi connectivity index (χ2n) is 7.04. The van der Waals surface area contributed by atoms with Gasteiger partial charge in [0, 0.05) is 19.2 Å². The maximum atomic E-state index is 13.1. The van der Waals surface area contributed by atoms with Gasteiger partial charge in [-0.3, -0.25) is 4.72 Å². The molecule has 1 N–H and O–H groups in total. The van der Waals surface area contributed by atoms with E-state index in [-0.39, 0.29) is 46.2 Å². The molecule has 0 unspecified atom stereocenters. The summed E-state index contributed by atoms with van der Waals surface area (Å²) in [5, 5.41) is 0. The predicted molar refractivity (Wildman–Crippen MR) is 123 cm³/mol. The number of ether oxygens (including phenoxy) is 3. The lowest BCUT2D eigenvalue weighted by molar-refractivity contribution is 0.243. The molecule has 0 heterocycles. The maximum Gasteiger partial charge on any atom is 0.262 e. The number of nitrogens with one attached hydrogen (secondary N) is 1. The summed E-state index contributed by atoms with van der Waals surface area (Å²) in [6.07, 6.45) is -0.260. The number of rotatable bonds is 11. The Bertz CT molecular complexity index is 1140. The van der Waals surface area contributed by atoms with Crippen molar-refractivity contribution in [3.63, 3.8) is 0 Å². The van der Waals surface area contributed by atoms with Crippen LogP contribution in [0, 0.1) is 0 Å². The summed E-state index contributed by atoms with van der Waals surface area (Å²) < 4.78 is 71.9. The predicted octanol–water partition coefficient (Wildman–Crippen LogP) is 3.32. The Hall–Kier alpha value is -2.50. The molecule has 0 spiro atoms. The van der Waals surface area contributed by atoms with Gasteiger partial charge in [-0.1, -0.05) is 13.8 Å². The Balaban J connectivity index is 2.56. The van der Waals surface area contributed by atoms with Crippen molar-refractivity contribution >= 4 is 25.7 Å². The van der Waals surface area contributed by atoms with Crippen molar-refractivity contribution in [2.24, 2.45) is 0 Å². The fraction of sp³-hybridized carbons (Fsp3) is 0.429. The molecule has 0 radical (unpaired) electrons. The number of hydrogen-bond acceptors (Lipinski definition) is 7. The van der Waals surface area contributed by atoms with Gasteiger partial charge in [0.1, 0.15) is 5.75 Å². The van der Waals surface area contributed by atoms with E-state index in [0.717, 1.165) is 0 Å². The lowest BCUT2D eigenvalue weighted by Crippen LogP contribution is -2.30. The summed E-state index contributed by atoms with van der Waals surface area (Å²) >= 11 is 0. The summed E-state index contributed by atoms with van der Waals surface area (Å²) in [4.78, 5) is -0.120. The van der Waals surface area contributed by atoms with Crippen LogP contribution in [0.5, 0.6) is 17.2 Å². The molecule has 2 aromatic rings. The first-order valence-corrected chi connectivity index (χ1v) is 13.0. The highest BCUT2D eigenvalue weighted by Crippen LogP contribution is 2.34. The van der Waals surface area contributed by atoms with Crippen LogP contribution in [0.1, 0.15) is 27.7 Å². The lowest BCUT2D eigenvalue weighted by atomic mass is 10.3. The highest BCUT2D eigenvalue weighted by molar-refractivity contribution is 7.92. The summed E-state index contributed by atoms with van der Waals surface area (Å²) in [6, 6.07) is 8.27. The van der Waals surface area contributed by atoms with Gasteiger partial charge in [-0.05, 0) is 44.2 Å². The van der Waals surface area contributed by atoms with E-state index in [9.17, 15) is 16.8 Å². The fourth-order valence-electron chi connectivity index (χ4n) is 3.01. The molecule has 2 rings (SSSR count).